The molecule has 0 amide bonds. The minimum Gasteiger partial charge on any atom is -0.462 e. The summed E-state index contributed by atoms with van der Waals surface area (Å²) in [5.74, 6) is 0.882. The molecule has 0 spiro atoms. The quantitative estimate of drug-likeness (QED) is 0.0222. The number of phosphoric ester groups is 2. The van der Waals surface area contributed by atoms with Crippen molar-refractivity contribution in [3.8, 4) is 0 Å². The Kier molecular flexibility index (Phi) is 61.3. The smallest absolute Gasteiger partial charge is 0.462 e. The number of aliphatic hydroxyl groups is 1. The fourth-order valence-electron chi connectivity index (χ4n) is 11.0. The highest BCUT2D eigenvalue weighted by atomic mass is 31.2. The van der Waals surface area contributed by atoms with Crippen LogP contribution in [-0.2, 0) is 65.4 Å². The molecule has 17 nitrogen and oxygen atoms in total. The lowest BCUT2D eigenvalue weighted by atomic mass is 10.0. The molecule has 0 aliphatic heterocycles. The summed E-state index contributed by atoms with van der Waals surface area (Å²) < 4.78 is 68.4. The van der Waals surface area contributed by atoms with E-state index < -0.39 is 97.5 Å². The molecule has 19 heteroatoms. The Labute approximate surface area is 562 Å². The van der Waals surface area contributed by atoms with Crippen LogP contribution in [0.2, 0.25) is 0 Å². The molecule has 0 rings (SSSR count). The van der Waals surface area contributed by atoms with Crippen LogP contribution < -0.4 is 0 Å². The number of rotatable bonds is 70. The maximum atomic E-state index is 13.0. The molecule has 5 atom stereocenters. The van der Waals surface area contributed by atoms with Gasteiger partial charge in [-0.15, -0.1) is 0 Å². The van der Waals surface area contributed by atoms with Crippen molar-refractivity contribution in [2.75, 3.05) is 39.6 Å². The van der Waals surface area contributed by atoms with Gasteiger partial charge in [-0.25, -0.2) is 9.13 Å². The molecule has 0 radical (unpaired) electrons. The largest absolute Gasteiger partial charge is 0.472 e. The molecule has 0 heterocycles. The van der Waals surface area contributed by atoms with Crippen LogP contribution >= 0.6 is 15.6 Å². The molecule has 0 bridgehead atoms. The lowest BCUT2D eigenvalue weighted by Crippen LogP contribution is -2.30. The average molecular weight is 1350 g/mol. The monoisotopic (exact) mass is 1350 g/mol. The number of phosphoric acid groups is 2. The molecule has 0 fully saturated rings. The summed E-state index contributed by atoms with van der Waals surface area (Å²) in [6.07, 6.45) is 45.8. The lowest BCUT2D eigenvalue weighted by molar-refractivity contribution is -0.161. The highest BCUT2D eigenvalue weighted by molar-refractivity contribution is 7.47. The Hall–Kier alpha value is -1.94. The summed E-state index contributed by atoms with van der Waals surface area (Å²) in [5, 5.41) is 10.6. The van der Waals surface area contributed by atoms with Gasteiger partial charge in [-0.1, -0.05) is 312 Å². The van der Waals surface area contributed by atoms with Crippen LogP contribution in [0.3, 0.4) is 0 Å². The molecule has 0 saturated heterocycles. The fourth-order valence-corrected chi connectivity index (χ4v) is 12.6. The van der Waals surface area contributed by atoms with Crippen LogP contribution in [-0.4, -0.2) is 96.7 Å². The predicted octanol–water partition coefficient (Wildman–Crippen LogP) is 20.9. The molecule has 0 saturated carbocycles. The van der Waals surface area contributed by atoms with E-state index in [0.29, 0.717) is 31.6 Å². The van der Waals surface area contributed by atoms with Crippen LogP contribution in [0.25, 0.3) is 0 Å². The molecule has 0 aromatic carbocycles. The summed E-state index contributed by atoms with van der Waals surface area (Å²) in [7, 11) is -9.91. The summed E-state index contributed by atoms with van der Waals surface area (Å²) in [6, 6.07) is 0. The molecule has 3 N–H and O–H groups in total. The van der Waals surface area contributed by atoms with Gasteiger partial charge in [0.1, 0.15) is 19.3 Å². The second-order valence-electron chi connectivity index (χ2n) is 28.2. The van der Waals surface area contributed by atoms with Gasteiger partial charge in [0.2, 0.25) is 0 Å². The van der Waals surface area contributed by atoms with Gasteiger partial charge in [0.25, 0.3) is 0 Å². The number of carbonyl (C=O) groups excluding carboxylic acids is 4. The van der Waals surface area contributed by atoms with E-state index in [9.17, 15) is 43.2 Å². The maximum absolute atomic E-state index is 13.0. The van der Waals surface area contributed by atoms with Crippen molar-refractivity contribution < 1.29 is 80.2 Å². The van der Waals surface area contributed by atoms with Crippen LogP contribution in [0.5, 0.6) is 0 Å². The summed E-state index contributed by atoms with van der Waals surface area (Å²) in [5.41, 5.74) is 0. The third kappa shape index (κ3) is 66.7. The zero-order chi connectivity index (χ0) is 68.2. The summed E-state index contributed by atoms with van der Waals surface area (Å²) in [4.78, 5) is 72.7. The molecule has 0 aromatic heterocycles. The Morgan fingerprint density at radius 2 is 0.457 bits per heavy atom. The van der Waals surface area contributed by atoms with E-state index in [-0.39, 0.29) is 25.7 Å². The minimum atomic E-state index is -4.96. The second-order valence-corrected chi connectivity index (χ2v) is 31.1. The van der Waals surface area contributed by atoms with Gasteiger partial charge in [-0.05, 0) is 49.4 Å². The van der Waals surface area contributed by atoms with Crippen molar-refractivity contribution in [2.24, 2.45) is 23.7 Å². The van der Waals surface area contributed by atoms with Crippen LogP contribution in [0.4, 0.5) is 0 Å². The van der Waals surface area contributed by atoms with Gasteiger partial charge in [0, 0.05) is 25.7 Å². The van der Waals surface area contributed by atoms with Crippen molar-refractivity contribution in [1.82, 2.24) is 0 Å². The van der Waals surface area contributed by atoms with Crippen molar-refractivity contribution in [1.29, 1.82) is 0 Å². The third-order valence-corrected chi connectivity index (χ3v) is 18.7. The van der Waals surface area contributed by atoms with E-state index >= 15 is 0 Å². The highest BCUT2D eigenvalue weighted by Gasteiger charge is 2.30. The van der Waals surface area contributed by atoms with Crippen LogP contribution in [0, 0.1) is 23.7 Å². The van der Waals surface area contributed by atoms with Gasteiger partial charge < -0.3 is 33.8 Å². The lowest BCUT2D eigenvalue weighted by Gasteiger charge is -2.21. The van der Waals surface area contributed by atoms with Gasteiger partial charge >= 0.3 is 39.5 Å². The standard InChI is InChI=1S/C73H142O17P2/c1-63(2)49-41-33-25-18-12-9-15-21-29-37-45-53-70(75)83-59-68(89-72(77)55-47-39-30-22-16-10-13-19-26-34-42-50-64(3)4)61-87-91(79,80)85-57-67(74)58-86-92(81,82)88-62-69(60-84-71(76)54-46-38-32-24-28-36-44-52-66(7)8)90-73(78)56-48-40-31-23-17-11-14-20-27-35-43-51-65(5)6/h63-69,74H,9-62H2,1-8H3,(H,79,80)(H,81,82)/t67?,68-,69-/m1/s1. The predicted molar refractivity (Wildman–Crippen MR) is 372 cm³/mol. The molecule has 3 unspecified atom stereocenters. The number of aliphatic hydroxyl groups excluding tert-OH is 1. The maximum Gasteiger partial charge on any atom is 0.472 e. The number of hydrogen-bond acceptors (Lipinski definition) is 15. The molecular weight excluding hydrogens is 1210 g/mol. The topological polar surface area (TPSA) is 237 Å². The first-order valence-corrected chi connectivity index (χ1v) is 40.7. The summed E-state index contributed by atoms with van der Waals surface area (Å²) >= 11 is 0. The average Bonchev–Trinajstić information content (AvgIpc) is 2.24. The first kappa shape index (κ1) is 90.1. The molecule has 0 aliphatic rings. The van der Waals surface area contributed by atoms with Gasteiger partial charge in [-0.2, -0.15) is 0 Å². The third-order valence-electron chi connectivity index (χ3n) is 16.8. The molecule has 546 valence electrons. The second kappa shape index (κ2) is 62.6. The van der Waals surface area contributed by atoms with E-state index in [0.717, 1.165) is 114 Å². The Bertz CT molecular complexity index is 1820. The van der Waals surface area contributed by atoms with E-state index in [1.165, 1.54) is 161 Å². The van der Waals surface area contributed by atoms with Crippen molar-refractivity contribution in [3.63, 3.8) is 0 Å². The van der Waals surface area contributed by atoms with Crippen molar-refractivity contribution in [2.45, 2.75) is 382 Å². The van der Waals surface area contributed by atoms with E-state index in [1.54, 1.807) is 0 Å². The number of hydrogen-bond donors (Lipinski definition) is 3. The van der Waals surface area contributed by atoms with Gasteiger partial charge in [0.15, 0.2) is 12.2 Å². The zero-order valence-electron chi connectivity index (χ0n) is 60.2. The van der Waals surface area contributed by atoms with Crippen LogP contribution in [0.15, 0.2) is 0 Å². The molecule has 92 heavy (non-hydrogen) atoms. The normalized spacial score (nSPS) is 14.2. The van der Waals surface area contributed by atoms with Gasteiger partial charge in [0.05, 0.1) is 26.4 Å². The first-order chi connectivity index (χ1) is 44.1. The Morgan fingerprint density at radius 3 is 0.674 bits per heavy atom. The first-order valence-electron chi connectivity index (χ1n) is 37.7. The van der Waals surface area contributed by atoms with Crippen LogP contribution in [0.1, 0.15) is 364 Å². The number of esters is 4. The number of unbranched alkanes of at least 4 members (excludes halogenated alkanes) is 36. The van der Waals surface area contributed by atoms with Gasteiger partial charge in [-0.3, -0.25) is 37.3 Å². The fraction of sp³-hybridized carbons (Fsp3) is 0.945. The zero-order valence-corrected chi connectivity index (χ0v) is 62.0. The van der Waals surface area contributed by atoms with E-state index in [1.807, 2.05) is 0 Å². The number of carbonyl (C=O) groups is 4. The SMILES string of the molecule is CC(C)CCCCCCCCCCCCCC(=O)OC[C@H](COP(=O)(O)OCC(O)COP(=O)(O)OC[C@@H](COC(=O)CCCCCCCCCC(C)C)OC(=O)CCCCCCCCCCCCCC(C)C)OC(=O)CCCCCCCCCCCCCC(C)C. The highest BCUT2D eigenvalue weighted by Crippen LogP contribution is 2.45. The molecule has 0 aliphatic carbocycles. The Balaban J connectivity index is 5.26. The summed E-state index contributed by atoms with van der Waals surface area (Å²) in [6.45, 7) is 14.1. The van der Waals surface area contributed by atoms with Crippen molar-refractivity contribution >= 4 is 39.5 Å². The van der Waals surface area contributed by atoms with E-state index in [4.69, 9.17) is 37.0 Å². The Morgan fingerprint density at radius 1 is 0.272 bits per heavy atom. The van der Waals surface area contributed by atoms with E-state index in [2.05, 4.69) is 55.4 Å². The number of ether oxygens (including phenoxy) is 4. The molecule has 0 aromatic rings. The minimum absolute atomic E-state index is 0.105. The van der Waals surface area contributed by atoms with Crippen molar-refractivity contribution in [3.05, 3.63) is 0 Å². The molecular formula is C73H142O17P2.